The highest BCUT2D eigenvalue weighted by atomic mass is 16.6. The fourth-order valence-electron chi connectivity index (χ4n) is 2.66. The van der Waals surface area contributed by atoms with Crippen molar-refractivity contribution in [1.29, 1.82) is 0 Å². The molecule has 1 unspecified atom stereocenters. The van der Waals surface area contributed by atoms with E-state index in [2.05, 4.69) is 31.7 Å². The third kappa shape index (κ3) is 7.17. The van der Waals surface area contributed by atoms with E-state index in [1.54, 1.807) is 0 Å². The first-order valence-electron chi connectivity index (χ1n) is 9.67. The molecule has 30 heavy (non-hydrogen) atoms. The molecule has 0 aliphatic carbocycles. The number of ether oxygens (including phenoxy) is 2. The minimum Gasteiger partial charge on any atom is -0.478 e. The third-order valence-corrected chi connectivity index (χ3v) is 4.22. The molecule has 2 rings (SSSR count). The molecule has 1 aliphatic heterocycles. The van der Waals surface area contributed by atoms with Gasteiger partial charge in [0.2, 0.25) is 12.1 Å². The molecule has 168 valence electrons. The lowest BCUT2D eigenvalue weighted by molar-refractivity contribution is -0.147. The summed E-state index contributed by atoms with van der Waals surface area (Å²) in [5, 5.41) is 27.2. The smallest absolute Gasteiger partial charge is 0.409 e. The van der Waals surface area contributed by atoms with Crippen molar-refractivity contribution >= 4 is 18.5 Å². The van der Waals surface area contributed by atoms with Gasteiger partial charge in [-0.1, -0.05) is 13.3 Å². The quantitative estimate of drug-likeness (QED) is 0.118. The number of amides is 2. The Morgan fingerprint density at radius 3 is 2.83 bits per heavy atom. The van der Waals surface area contributed by atoms with Crippen LogP contribution in [0.25, 0.3) is 0 Å². The maximum Gasteiger partial charge on any atom is 0.409 e. The van der Waals surface area contributed by atoms with E-state index in [1.807, 2.05) is 6.92 Å². The summed E-state index contributed by atoms with van der Waals surface area (Å²) in [6, 6.07) is 1.39. The average Bonchev–Trinajstić information content (AvgIpc) is 3.37. The Hall–Kier alpha value is -2.90. The van der Waals surface area contributed by atoms with E-state index >= 15 is 0 Å². The number of rotatable bonds is 14. The SMILES string of the molecule is CCCCOC(=O)NC(Cc1cc(OCCNC2NCCN2)no1)(NC=O)C(=O)O. The number of alkyl carbamates (subject to hydrolysis) is 1. The first-order valence-corrected chi connectivity index (χ1v) is 9.67. The Bertz CT molecular complexity index is 694. The molecule has 1 saturated heterocycles. The van der Waals surface area contributed by atoms with Gasteiger partial charge in [0.1, 0.15) is 18.7 Å². The molecule has 2 heterocycles. The summed E-state index contributed by atoms with van der Waals surface area (Å²) in [6.45, 7) is 4.63. The molecule has 13 heteroatoms. The molecule has 0 radical (unpaired) electrons. The second kappa shape index (κ2) is 11.9. The fourth-order valence-corrected chi connectivity index (χ4v) is 2.66. The molecule has 1 aliphatic rings. The lowest BCUT2D eigenvalue weighted by Gasteiger charge is -2.28. The number of unbranched alkanes of at least 4 members (excludes halogenated alkanes) is 1. The maximum absolute atomic E-state index is 12.0. The van der Waals surface area contributed by atoms with Crippen molar-refractivity contribution in [1.82, 2.24) is 31.7 Å². The Labute approximate surface area is 173 Å². The lowest BCUT2D eigenvalue weighted by Crippen LogP contribution is -2.65. The first kappa shape index (κ1) is 23.4. The van der Waals surface area contributed by atoms with Crippen LogP contribution in [0.3, 0.4) is 0 Å². The third-order valence-electron chi connectivity index (χ3n) is 4.22. The van der Waals surface area contributed by atoms with E-state index in [1.165, 1.54) is 6.07 Å². The van der Waals surface area contributed by atoms with E-state index < -0.39 is 24.1 Å². The van der Waals surface area contributed by atoms with Crippen LogP contribution < -0.4 is 31.3 Å². The molecule has 1 aromatic rings. The molecule has 2 amide bonds. The van der Waals surface area contributed by atoms with Crippen molar-refractivity contribution in [2.75, 3.05) is 32.8 Å². The normalized spacial score (nSPS) is 15.9. The van der Waals surface area contributed by atoms with Gasteiger partial charge in [0.15, 0.2) is 0 Å². The van der Waals surface area contributed by atoms with Crippen molar-refractivity contribution in [2.45, 2.75) is 38.1 Å². The number of carbonyl (C=O) groups is 3. The summed E-state index contributed by atoms with van der Waals surface area (Å²) in [5.74, 6) is -1.26. The fraction of sp³-hybridized carbons (Fsp3) is 0.647. The number of carboxylic acids is 1. The van der Waals surface area contributed by atoms with Crippen molar-refractivity contribution < 1.29 is 33.5 Å². The van der Waals surface area contributed by atoms with Crippen molar-refractivity contribution in [3.8, 4) is 5.88 Å². The van der Waals surface area contributed by atoms with Crippen LogP contribution in [-0.4, -0.2) is 73.5 Å². The second-order valence-electron chi connectivity index (χ2n) is 6.54. The van der Waals surface area contributed by atoms with Crippen LogP contribution in [0.15, 0.2) is 10.6 Å². The monoisotopic (exact) mass is 428 g/mol. The highest BCUT2D eigenvalue weighted by Crippen LogP contribution is 2.17. The van der Waals surface area contributed by atoms with Crippen LogP contribution in [0, 0.1) is 0 Å². The minimum absolute atomic E-state index is 0.0234. The highest BCUT2D eigenvalue weighted by molar-refractivity contribution is 5.86. The predicted octanol–water partition coefficient (Wildman–Crippen LogP) is -1.28. The Morgan fingerprint density at radius 1 is 1.40 bits per heavy atom. The molecular weight excluding hydrogens is 400 g/mol. The molecule has 0 aromatic carbocycles. The van der Waals surface area contributed by atoms with Crippen LogP contribution in [0.4, 0.5) is 4.79 Å². The van der Waals surface area contributed by atoms with Gasteiger partial charge in [-0.05, 0) is 11.6 Å². The number of aromatic nitrogens is 1. The number of nitrogens with one attached hydrogen (secondary N) is 5. The van der Waals surface area contributed by atoms with Crippen LogP contribution in [0.2, 0.25) is 0 Å². The molecule has 13 nitrogen and oxygen atoms in total. The van der Waals surface area contributed by atoms with Crippen molar-refractivity contribution in [3.05, 3.63) is 11.8 Å². The minimum atomic E-state index is -2.16. The summed E-state index contributed by atoms with van der Waals surface area (Å²) < 4.78 is 15.5. The Morgan fingerprint density at radius 2 is 2.17 bits per heavy atom. The molecule has 0 spiro atoms. The molecule has 0 bridgehead atoms. The molecule has 6 N–H and O–H groups in total. The highest BCUT2D eigenvalue weighted by Gasteiger charge is 2.42. The number of carbonyl (C=O) groups excluding carboxylic acids is 2. The molecule has 0 saturated carbocycles. The zero-order valence-corrected chi connectivity index (χ0v) is 16.7. The van der Waals surface area contributed by atoms with E-state index in [9.17, 15) is 19.5 Å². The topological polar surface area (TPSA) is 176 Å². The summed E-state index contributed by atoms with van der Waals surface area (Å²) >= 11 is 0. The van der Waals surface area contributed by atoms with Crippen LogP contribution >= 0.6 is 0 Å². The molecule has 1 fully saturated rings. The maximum atomic E-state index is 12.0. The van der Waals surface area contributed by atoms with Crippen molar-refractivity contribution in [3.63, 3.8) is 0 Å². The first-order chi connectivity index (χ1) is 14.5. The average molecular weight is 428 g/mol. The van der Waals surface area contributed by atoms with E-state index in [-0.39, 0.29) is 30.9 Å². The molecular formula is C17H28N6O7. The van der Waals surface area contributed by atoms with Crippen LogP contribution in [0.1, 0.15) is 25.5 Å². The van der Waals surface area contributed by atoms with Gasteiger partial charge in [0.05, 0.1) is 13.0 Å². The van der Waals surface area contributed by atoms with E-state index in [0.29, 0.717) is 19.6 Å². The zero-order chi connectivity index (χ0) is 21.8. The zero-order valence-electron chi connectivity index (χ0n) is 16.7. The van der Waals surface area contributed by atoms with Gasteiger partial charge in [-0.15, -0.1) is 0 Å². The van der Waals surface area contributed by atoms with Gasteiger partial charge in [0.25, 0.3) is 5.88 Å². The Kier molecular flexibility index (Phi) is 9.31. The number of nitrogens with zero attached hydrogens (tertiary/aromatic N) is 1. The number of aliphatic carboxylic acids is 1. The number of hydrogen-bond acceptors (Lipinski definition) is 10. The number of carboxylic acid groups (broad SMARTS) is 1. The van der Waals surface area contributed by atoms with Crippen LogP contribution in [0.5, 0.6) is 5.88 Å². The largest absolute Gasteiger partial charge is 0.478 e. The summed E-state index contributed by atoms with van der Waals surface area (Å²) in [7, 11) is 0. The van der Waals surface area contributed by atoms with Gasteiger partial charge < -0.3 is 24.4 Å². The van der Waals surface area contributed by atoms with Gasteiger partial charge >= 0.3 is 12.1 Å². The summed E-state index contributed by atoms with van der Waals surface area (Å²) in [5.41, 5.74) is -2.16. The van der Waals surface area contributed by atoms with Gasteiger partial charge in [-0.25, -0.2) is 9.59 Å². The van der Waals surface area contributed by atoms with Gasteiger partial charge in [-0.3, -0.25) is 26.1 Å². The van der Waals surface area contributed by atoms with Crippen molar-refractivity contribution in [2.24, 2.45) is 0 Å². The Balaban J connectivity index is 1.91. The lowest BCUT2D eigenvalue weighted by atomic mass is 10.0. The molecule has 1 aromatic heterocycles. The summed E-state index contributed by atoms with van der Waals surface area (Å²) in [4.78, 5) is 34.8. The molecule has 1 atom stereocenters. The van der Waals surface area contributed by atoms with Gasteiger partial charge in [-0.2, -0.15) is 0 Å². The summed E-state index contributed by atoms with van der Waals surface area (Å²) in [6.07, 6.45) is 0.235. The van der Waals surface area contributed by atoms with E-state index in [4.69, 9.17) is 14.0 Å². The number of hydrogen-bond donors (Lipinski definition) is 6. The standard InChI is InChI=1S/C17H28N6O7/c1-2-3-7-29-16(27)22-17(14(25)26,21-11-24)10-12-9-13(23-30-12)28-8-6-20-15-18-4-5-19-15/h9,11,15,18-20H,2-8,10H2,1H3,(H,21,24)(H,22,27)(H,25,26). The van der Waals surface area contributed by atoms with Gasteiger partial charge in [0, 0.05) is 25.7 Å². The van der Waals surface area contributed by atoms with Crippen LogP contribution in [-0.2, 0) is 20.7 Å². The van der Waals surface area contributed by atoms with E-state index in [0.717, 1.165) is 19.5 Å². The predicted molar refractivity (Wildman–Crippen MR) is 102 cm³/mol. The second-order valence-corrected chi connectivity index (χ2v) is 6.54.